The minimum atomic E-state index is 0.710. The van der Waals surface area contributed by atoms with Crippen LogP contribution in [0.3, 0.4) is 0 Å². The highest BCUT2D eigenvalue weighted by Gasteiger charge is 2.08. The molecular formula is C23H19N3. The standard InChI is InChI=1S/C23H19N3/c1-17-24-22(20-10-6-3-7-11-20)26-23(25-17)21-14-12-19(13-15-21)16-18-8-4-2-5-9-18/h2-15H,16H2,1H3. The summed E-state index contributed by atoms with van der Waals surface area (Å²) in [5.74, 6) is 2.14. The predicted octanol–water partition coefficient (Wildman–Crippen LogP) is 5.10. The Kier molecular flexibility index (Phi) is 4.52. The Morgan fingerprint density at radius 2 is 1.04 bits per heavy atom. The van der Waals surface area contributed by atoms with Crippen LogP contribution in [0.4, 0.5) is 0 Å². The molecule has 0 amide bonds. The summed E-state index contributed by atoms with van der Waals surface area (Å²) < 4.78 is 0. The Morgan fingerprint density at radius 1 is 0.538 bits per heavy atom. The van der Waals surface area contributed by atoms with Crippen molar-refractivity contribution in [3.63, 3.8) is 0 Å². The Bertz CT molecular complexity index is 995. The van der Waals surface area contributed by atoms with Gasteiger partial charge in [-0.15, -0.1) is 0 Å². The lowest BCUT2D eigenvalue weighted by atomic mass is 10.0. The van der Waals surface area contributed by atoms with Crippen molar-refractivity contribution in [1.82, 2.24) is 15.0 Å². The predicted molar refractivity (Wildman–Crippen MR) is 105 cm³/mol. The molecule has 1 heterocycles. The Morgan fingerprint density at radius 3 is 1.65 bits per heavy atom. The zero-order valence-corrected chi connectivity index (χ0v) is 14.6. The van der Waals surface area contributed by atoms with E-state index in [1.807, 2.05) is 43.3 Å². The molecule has 0 fully saturated rings. The minimum absolute atomic E-state index is 0.710. The SMILES string of the molecule is Cc1nc(-c2ccccc2)nc(-c2ccc(Cc3ccccc3)cc2)n1. The molecule has 0 spiro atoms. The van der Waals surface area contributed by atoms with Gasteiger partial charge in [-0.05, 0) is 24.5 Å². The largest absolute Gasteiger partial charge is 0.213 e. The first-order valence-electron chi connectivity index (χ1n) is 8.69. The first kappa shape index (κ1) is 16.2. The molecule has 0 bridgehead atoms. The zero-order valence-electron chi connectivity index (χ0n) is 14.6. The van der Waals surface area contributed by atoms with Crippen LogP contribution >= 0.6 is 0 Å². The fourth-order valence-corrected chi connectivity index (χ4v) is 2.93. The number of hydrogen-bond donors (Lipinski definition) is 0. The fourth-order valence-electron chi connectivity index (χ4n) is 2.93. The van der Waals surface area contributed by atoms with Crippen LogP contribution in [0.5, 0.6) is 0 Å². The average molecular weight is 337 g/mol. The molecule has 3 heteroatoms. The molecule has 0 aliphatic rings. The maximum atomic E-state index is 4.67. The van der Waals surface area contributed by atoms with Crippen LogP contribution in [0.2, 0.25) is 0 Å². The van der Waals surface area contributed by atoms with E-state index >= 15 is 0 Å². The number of nitrogens with zero attached hydrogens (tertiary/aromatic N) is 3. The van der Waals surface area contributed by atoms with Crippen molar-refractivity contribution < 1.29 is 0 Å². The molecule has 0 radical (unpaired) electrons. The molecule has 0 aliphatic carbocycles. The van der Waals surface area contributed by atoms with Gasteiger partial charge < -0.3 is 0 Å². The quantitative estimate of drug-likeness (QED) is 0.520. The molecule has 26 heavy (non-hydrogen) atoms. The summed E-state index contributed by atoms with van der Waals surface area (Å²) in [6.07, 6.45) is 0.923. The molecule has 0 atom stereocenters. The van der Waals surface area contributed by atoms with Crippen LogP contribution in [-0.2, 0) is 6.42 Å². The van der Waals surface area contributed by atoms with Crippen molar-refractivity contribution in [2.24, 2.45) is 0 Å². The third-order valence-electron chi connectivity index (χ3n) is 4.24. The van der Waals surface area contributed by atoms with Gasteiger partial charge >= 0.3 is 0 Å². The molecule has 0 unspecified atom stereocenters. The van der Waals surface area contributed by atoms with Crippen LogP contribution in [0.25, 0.3) is 22.8 Å². The summed E-state index contributed by atoms with van der Waals surface area (Å²) in [6, 6.07) is 28.9. The lowest BCUT2D eigenvalue weighted by Crippen LogP contribution is -1.99. The van der Waals surface area contributed by atoms with Crippen molar-refractivity contribution in [3.05, 3.63) is 102 Å². The Hall–Kier alpha value is -3.33. The lowest BCUT2D eigenvalue weighted by Gasteiger charge is -2.07. The van der Waals surface area contributed by atoms with Gasteiger partial charge in [0, 0.05) is 11.1 Å². The van der Waals surface area contributed by atoms with Gasteiger partial charge in [-0.3, -0.25) is 0 Å². The van der Waals surface area contributed by atoms with Gasteiger partial charge in [-0.25, -0.2) is 15.0 Å². The molecule has 3 nitrogen and oxygen atoms in total. The molecule has 1 aromatic heterocycles. The molecule has 0 aliphatic heterocycles. The van der Waals surface area contributed by atoms with Gasteiger partial charge in [0.2, 0.25) is 0 Å². The highest BCUT2D eigenvalue weighted by molar-refractivity contribution is 5.61. The van der Waals surface area contributed by atoms with E-state index in [4.69, 9.17) is 0 Å². The maximum absolute atomic E-state index is 4.67. The van der Waals surface area contributed by atoms with Crippen LogP contribution in [0, 0.1) is 6.92 Å². The maximum Gasteiger partial charge on any atom is 0.163 e. The van der Waals surface area contributed by atoms with Crippen LogP contribution in [0.1, 0.15) is 17.0 Å². The van der Waals surface area contributed by atoms with Crippen LogP contribution in [0.15, 0.2) is 84.9 Å². The van der Waals surface area contributed by atoms with E-state index in [9.17, 15) is 0 Å². The summed E-state index contributed by atoms with van der Waals surface area (Å²) in [5, 5.41) is 0. The molecule has 0 N–H and O–H groups in total. The summed E-state index contributed by atoms with van der Waals surface area (Å²) in [6.45, 7) is 1.90. The summed E-state index contributed by atoms with van der Waals surface area (Å²) in [7, 11) is 0. The van der Waals surface area contributed by atoms with Crippen LogP contribution in [-0.4, -0.2) is 15.0 Å². The zero-order chi connectivity index (χ0) is 17.8. The van der Waals surface area contributed by atoms with E-state index in [1.54, 1.807) is 0 Å². The average Bonchev–Trinajstić information content (AvgIpc) is 2.70. The second kappa shape index (κ2) is 7.28. The van der Waals surface area contributed by atoms with E-state index < -0.39 is 0 Å². The number of aromatic nitrogens is 3. The first-order chi connectivity index (χ1) is 12.8. The van der Waals surface area contributed by atoms with Gasteiger partial charge in [-0.1, -0.05) is 84.9 Å². The molecule has 126 valence electrons. The number of hydrogen-bond acceptors (Lipinski definition) is 3. The third kappa shape index (κ3) is 3.67. The van der Waals surface area contributed by atoms with E-state index in [1.165, 1.54) is 11.1 Å². The second-order valence-corrected chi connectivity index (χ2v) is 6.26. The van der Waals surface area contributed by atoms with Crippen LogP contribution < -0.4 is 0 Å². The lowest BCUT2D eigenvalue weighted by molar-refractivity contribution is 0.991. The highest BCUT2D eigenvalue weighted by atomic mass is 15.0. The summed E-state index contributed by atoms with van der Waals surface area (Å²) >= 11 is 0. The van der Waals surface area contributed by atoms with Crippen molar-refractivity contribution in [2.75, 3.05) is 0 Å². The Labute approximate surface area is 153 Å². The highest BCUT2D eigenvalue weighted by Crippen LogP contribution is 2.21. The fraction of sp³-hybridized carbons (Fsp3) is 0.0870. The van der Waals surface area contributed by atoms with E-state index in [2.05, 4.69) is 63.5 Å². The summed E-state index contributed by atoms with van der Waals surface area (Å²) in [4.78, 5) is 13.7. The smallest absolute Gasteiger partial charge is 0.163 e. The molecule has 4 aromatic rings. The molecule has 0 saturated carbocycles. The summed E-state index contributed by atoms with van der Waals surface area (Å²) in [5.41, 5.74) is 4.58. The van der Waals surface area contributed by atoms with Gasteiger partial charge in [0.25, 0.3) is 0 Å². The molecule has 0 saturated heterocycles. The van der Waals surface area contributed by atoms with Gasteiger partial charge in [0.15, 0.2) is 11.6 Å². The van der Waals surface area contributed by atoms with E-state index in [0.717, 1.165) is 23.4 Å². The van der Waals surface area contributed by atoms with Crippen molar-refractivity contribution in [1.29, 1.82) is 0 Å². The van der Waals surface area contributed by atoms with Crippen molar-refractivity contribution >= 4 is 0 Å². The second-order valence-electron chi connectivity index (χ2n) is 6.26. The third-order valence-corrected chi connectivity index (χ3v) is 4.24. The Balaban J connectivity index is 1.62. The first-order valence-corrected chi connectivity index (χ1v) is 8.69. The topological polar surface area (TPSA) is 38.7 Å². The molecular weight excluding hydrogens is 318 g/mol. The molecule has 4 rings (SSSR count). The number of rotatable bonds is 4. The minimum Gasteiger partial charge on any atom is -0.213 e. The monoisotopic (exact) mass is 337 g/mol. The van der Waals surface area contributed by atoms with Gasteiger partial charge in [-0.2, -0.15) is 0 Å². The van der Waals surface area contributed by atoms with E-state index in [0.29, 0.717) is 11.6 Å². The number of aryl methyl sites for hydroxylation is 1. The number of benzene rings is 3. The van der Waals surface area contributed by atoms with E-state index in [-0.39, 0.29) is 0 Å². The van der Waals surface area contributed by atoms with Crippen molar-refractivity contribution in [2.45, 2.75) is 13.3 Å². The van der Waals surface area contributed by atoms with Crippen molar-refractivity contribution in [3.8, 4) is 22.8 Å². The van der Waals surface area contributed by atoms with Gasteiger partial charge in [0.05, 0.1) is 0 Å². The normalized spacial score (nSPS) is 10.7. The molecule has 3 aromatic carbocycles. The van der Waals surface area contributed by atoms with Gasteiger partial charge in [0.1, 0.15) is 5.82 Å².